The van der Waals surface area contributed by atoms with Crippen molar-refractivity contribution in [2.75, 3.05) is 13.1 Å². The largest absolute Gasteiger partial charge is 0.573 e. The Kier molecular flexibility index (Phi) is 5.84. The Bertz CT molecular complexity index is 1420. The second kappa shape index (κ2) is 8.75. The normalized spacial score (nSPS) is 18.2. The molecule has 0 unspecified atom stereocenters. The van der Waals surface area contributed by atoms with Gasteiger partial charge in [-0.1, -0.05) is 36.4 Å². The first-order chi connectivity index (χ1) is 17.1. The van der Waals surface area contributed by atoms with E-state index in [0.717, 1.165) is 34.7 Å². The minimum absolute atomic E-state index is 0.0635. The van der Waals surface area contributed by atoms with Crippen molar-refractivity contribution >= 4 is 21.8 Å². The zero-order chi connectivity index (χ0) is 25.7. The van der Waals surface area contributed by atoms with E-state index in [0.29, 0.717) is 12.0 Å². The van der Waals surface area contributed by atoms with Crippen molar-refractivity contribution in [1.29, 1.82) is 0 Å². The predicted molar refractivity (Wildman–Crippen MR) is 122 cm³/mol. The predicted octanol–water partition coefficient (Wildman–Crippen LogP) is 4.17. The number of fused-ring (bicyclic) bond motifs is 2. The topological polar surface area (TPSA) is 84.0 Å². The summed E-state index contributed by atoms with van der Waals surface area (Å²) >= 11 is 0. The molecule has 36 heavy (non-hydrogen) atoms. The maximum atomic E-state index is 13.6. The second-order valence-electron chi connectivity index (χ2n) is 8.37. The Morgan fingerprint density at radius 2 is 1.44 bits per heavy atom. The van der Waals surface area contributed by atoms with Gasteiger partial charge in [0.25, 0.3) is 11.8 Å². The summed E-state index contributed by atoms with van der Waals surface area (Å²) < 4.78 is 69.8. The molecule has 2 heterocycles. The van der Waals surface area contributed by atoms with Gasteiger partial charge < -0.3 is 4.74 Å². The number of halogens is 3. The molecule has 186 valence electrons. The Morgan fingerprint density at radius 1 is 0.861 bits per heavy atom. The zero-order valence-electron chi connectivity index (χ0n) is 18.6. The van der Waals surface area contributed by atoms with E-state index in [-0.39, 0.29) is 29.1 Å². The van der Waals surface area contributed by atoms with E-state index in [2.05, 4.69) is 4.74 Å². The quantitative estimate of drug-likeness (QED) is 0.476. The molecule has 0 N–H and O–H groups in total. The minimum atomic E-state index is -4.91. The van der Waals surface area contributed by atoms with Crippen LogP contribution in [0, 0.1) is 0 Å². The molecule has 1 atom stereocenters. The number of sulfonamides is 1. The van der Waals surface area contributed by atoms with Crippen molar-refractivity contribution in [3.05, 3.63) is 95.1 Å². The number of carbonyl (C=O) groups excluding carboxylic acids is 2. The van der Waals surface area contributed by atoms with Crippen molar-refractivity contribution in [1.82, 2.24) is 9.21 Å². The van der Waals surface area contributed by atoms with E-state index in [4.69, 9.17) is 0 Å². The first-order valence-corrected chi connectivity index (χ1v) is 12.4. The fourth-order valence-corrected chi connectivity index (χ4v) is 6.23. The van der Waals surface area contributed by atoms with Gasteiger partial charge in [0.05, 0.1) is 28.6 Å². The summed E-state index contributed by atoms with van der Waals surface area (Å²) in [6.07, 6.45) is -4.52. The van der Waals surface area contributed by atoms with E-state index < -0.39 is 40.0 Å². The lowest BCUT2D eigenvalue weighted by molar-refractivity contribution is -0.274. The van der Waals surface area contributed by atoms with Crippen LogP contribution < -0.4 is 4.74 Å². The monoisotopic (exact) mass is 516 g/mol. The van der Waals surface area contributed by atoms with Crippen molar-refractivity contribution in [3.8, 4) is 5.75 Å². The Morgan fingerprint density at radius 3 is 2.06 bits per heavy atom. The van der Waals surface area contributed by atoms with Crippen LogP contribution in [0.4, 0.5) is 13.2 Å². The Hall–Kier alpha value is -3.70. The maximum Gasteiger partial charge on any atom is 0.573 e. The summed E-state index contributed by atoms with van der Waals surface area (Å²) in [5.41, 5.74) is 2.04. The van der Waals surface area contributed by atoms with Gasteiger partial charge >= 0.3 is 6.36 Å². The first kappa shape index (κ1) is 24.0. The van der Waals surface area contributed by atoms with Gasteiger partial charge in [0.15, 0.2) is 0 Å². The SMILES string of the molecule is O=C1c2ccccc2C(=O)N1C[C@H]1c2ccccc2CCN1S(=O)(=O)c1ccc(OC(F)(F)F)cc1. The van der Waals surface area contributed by atoms with Crippen LogP contribution in [0.1, 0.15) is 37.9 Å². The average molecular weight is 516 g/mol. The van der Waals surface area contributed by atoms with Gasteiger partial charge in [0, 0.05) is 6.54 Å². The van der Waals surface area contributed by atoms with Crippen LogP contribution in [-0.4, -0.2) is 48.9 Å². The van der Waals surface area contributed by atoms with Crippen LogP contribution in [0.25, 0.3) is 0 Å². The molecule has 0 fully saturated rings. The number of amides is 2. The fourth-order valence-electron chi connectivity index (χ4n) is 4.63. The number of carbonyl (C=O) groups is 2. The van der Waals surface area contributed by atoms with Gasteiger partial charge in [-0.15, -0.1) is 13.2 Å². The molecule has 3 aromatic rings. The molecule has 2 aliphatic rings. The van der Waals surface area contributed by atoms with Crippen molar-refractivity contribution in [2.45, 2.75) is 23.7 Å². The molecule has 2 aliphatic heterocycles. The lowest BCUT2D eigenvalue weighted by atomic mass is 9.94. The summed E-state index contributed by atoms with van der Waals surface area (Å²) in [5, 5.41) is 0. The van der Waals surface area contributed by atoms with E-state index >= 15 is 0 Å². The Labute approximate surface area is 204 Å². The number of rotatable bonds is 5. The molecule has 0 saturated heterocycles. The molecule has 0 spiro atoms. The highest BCUT2D eigenvalue weighted by molar-refractivity contribution is 7.89. The smallest absolute Gasteiger partial charge is 0.406 e. The number of hydrogen-bond donors (Lipinski definition) is 0. The van der Waals surface area contributed by atoms with E-state index in [1.54, 1.807) is 36.4 Å². The molecule has 5 rings (SSSR count). The highest BCUT2D eigenvalue weighted by atomic mass is 32.2. The van der Waals surface area contributed by atoms with Crippen LogP contribution >= 0.6 is 0 Å². The van der Waals surface area contributed by atoms with E-state index in [1.165, 1.54) is 4.31 Å². The summed E-state index contributed by atoms with van der Waals surface area (Å²) in [6.45, 7) is -0.147. The van der Waals surface area contributed by atoms with Crippen molar-refractivity contribution in [2.24, 2.45) is 0 Å². The lowest BCUT2D eigenvalue weighted by Gasteiger charge is -2.37. The van der Waals surface area contributed by atoms with Crippen molar-refractivity contribution < 1.29 is 35.9 Å². The highest BCUT2D eigenvalue weighted by Crippen LogP contribution is 2.37. The number of ether oxygens (including phenoxy) is 1. The highest BCUT2D eigenvalue weighted by Gasteiger charge is 2.42. The van der Waals surface area contributed by atoms with Crippen LogP contribution in [0.3, 0.4) is 0 Å². The number of nitrogens with zero attached hydrogens (tertiary/aromatic N) is 2. The number of imide groups is 1. The van der Waals surface area contributed by atoms with Gasteiger partial charge in [-0.3, -0.25) is 14.5 Å². The van der Waals surface area contributed by atoms with Crippen LogP contribution in [0.15, 0.2) is 77.7 Å². The van der Waals surface area contributed by atoms with E-state index in [9.17, 15) is 31.2 Å². The molecule has 0 radical (unpaired) electrons. The summed E-state index contributed by atoms with van der Waals surface area (Å²) in [4.78, 5) is 26.8. The van der Waals surface area contributed by atoms with Crippen LogP contribution in [-0.2, 0) is 16.4 Å². The molecule has 7 nitrogen and oxygen atoms in total. The molecule has 2 amide bonds. The fraction of sp³-hybridized carbons (Fsp3) is 0.200. The third-order valence-corrected chi connectivity index (χ3v) is 8.18. The summed E-state index contributed by atoms with van der Waals surface area (Å²) in [7, 11) is -4.21. The summed E-state index contributed by atoms with van der Waals surface area (Å²) in [5.74, 6) is -1.57. The first-order valence-electron chi connectivity index (χ1n) is 11.0. The summed E-state index contributed by atoms with van der Waals surface area (Å²) in [6, 6.07) is 16.6. The third-order valence-electron chi connectivity index (χ3n) is 6.26. The molecular formula is C25H19F3N2O5S. The molecular weight excluding hydrogens is 497 g/mol. The lowest BCUT2D eigenvalue weighted by Crippen LogP contribution is -2.46. The maximum absolute atomic E-state index is 13.6. The van der Waals surface area contributed by atoms with Gasteiger partial charge in [0.2, 0.25) is 10.0 Å². The van der Waals surface area contributed by atoms with Crippen molar-refractivity contribution in [3.63, 3.8) is 0 Å². The molecule has 0 aliphatic carbocycles. The minimum Gasteiger partial charge on any atom is -0.406 e. The number of benzene rings is 3. The zero-order valence-corrected chi connectivity index (χ0v) is 19.4. The number of hydrogen-bond acceptors (Lipinski definition) is 5. The van der Waals surface area contributed by atoms with Gasteiger partial charge in [-0.2, -0.15) is 4.31 Å². The van der Waals surface area contributed by atoms with Gasteiger partial charge in [-0.05, 0) is 53.9 Å². The van der Waals surface area contributed by atoms with Crippen LogP contribution in [0.2, 0.25) is 0 Å². The molecule has 0 bridgehead atoms. The Balaban J connectivity index is 1.50. The average Bonchev–Trinajstić information content (AvgIpc) is 3.08. The molecule has 3 aromatic carbocycles. The molecule has 0 aromatic heterocycles. The standard InChI is InChI=1S/C25H19F3N2O5S/c26-25(27,28)35-17-9-11-18(12-10-17)36(33,34)30-14-13-16-5-1-2-6-19(16)22(30)15-29-23(31)20-7-3-4-8-21(20)24(29)32/h1-12,22H,13-15H2/t22-/m0/s1. The third kappa shape index (κ3) is 4.24. The van der Waals surface area contributed by atoms with Gasteiger partial charge in [-0.25, -0.2) is 8.42 Å². The molecule has 11 heteroatoms. The van der Waals surface area contributed by atoms with E-state index in [1.807, 2.05) is 12.1 Å². The second-order valence-corrected chi connectivity index (χ2v) is 10.3. The van der Waals surface area contributed by atoms with Gasteiger partial charge in [0.1, 0.15) is 5.75 Å². The van der Waals surface area contributed by atoms with Crippen LogP contribution in [0.5, 0.6) is 5.75 Å². The molecule has 0 saturated carbocycles. The number of alkyl halides is 3.